The number of rotatable bonds is 8. The van der Waals surface area contributed by atoms with Gasteiger partial charge in [0.1, 0.15) is 18.0 Å². The van der Waals surface area contributed by atoms with Gasteiger partial charge < -0.3 is 9.47 Å². The Kier molecular flexibility index (Phi) is 7.80. The van der Waals surface area contributed by atoms with E-state index in [0.717, 1.165) is 17.4 Å². The van der Waals surface area contributed by atoms with Crippen molar-refractivity contribution in [1.82, 2.24) is 9.71 Å². The number of thiazole rings is 1. The van der Waals surface area contributed by atoms with Gasteiger partial charge in [0.15, 0.2) is 0 Å². The van der Waals surface area contributed by atoms with Gasteiger partial charge in [-0.25, -0.2) is 18.2 Å². The molecule has 14 heteroatoms. The number of carbonyl (C=O) groups excluding carboxylic acids is 2. The molecule has 0 spiro atoms. The summed E-state index contributed by atoms with van der Waals surface area (Å²) in [7, 11) is -4.52. The van der Waals surface area contributed by atoms with Crippen LogP contribution in [0.5, 0.6) is 0 Å². The highest BCUT2D eigenvalue weighted by Gasteiger charge is 2.32. The van der Waals surface area contributed by atoms with Crippen LogP contribution in [-0.4, -0.2) is 38.5 Å². The molecule has 0 saturated carbocycles. The molecular formula is C16H14ClF3N2O6S2. The highest BCUT2D eigenvalue weighted by atomic mass is 35.5. The van der Waals surface area contributed by atoms with Crippen molar-refractivity contribution in [3.05, 3.63) is 44.9 Å². The lowest BCUT2D eigenvalue weighted by atomic mass is 10.2. The van der Waals surface area contributed by atoms with Crippen molar-refractivity contribution >= 4 is 44.9 Å². The Morgan fingerprint density at radius 3 is 2.60 bits per heavy atom. The molecule has 0 radical (unpaired) electrons. The minimum atomic E-state index is -4.77. The average molecular weight is 487 g/mol. The van der Waals surface area contributed by atoms with Gasteiger partial charge >= 0.3 is 18.1 Å². The van der Waals surface area contributed by atoms with E-state index in [4.69, 9.17) is 21.1 Å². The monoisotopic (exact) mass is 486 g/mol. The van der Waals surface area contributed by atoms with E-state index in [9.17, 15) is 31.2 Å². The molecule has 0 aliphatic carbocycles. The van der Waals surface area contributed by atoms with Gasteiger partial charge in [0, 0.05) is 5.38 Å². The fraction of sp³-hybridized carbons (Fsp3) is 0.312. The van der Waals surface area contributed by atoms with Crippen LogP contribution in [0.25, 0.3) is 0 Å². The maximum atomic E-state index is 12.8. The SMILES string of the molecule is CCOC(=O)c1nc(COC(=O)CNS(=O)(=O)c2cc(C(F)(F)F)ccc2Cl)cs1. The fourth-order valence-electron chi connectivity index (χ4n) is 1.98. The number of hydrogen-bond donors (Lipinski definition) is 1. The third kappa shape index (κ3) is 6.39. The molecule has 2 aromatic rings. The summed E-state index contributed by atoms with van der Waals surface area (Å²) in [5.74, 6) is -1.65. The van der Waals surface area contributed by atoms with Crippen molar-refractivity contribution in [3.8, 4) is 0 Å². The van der Waals surface area contributed by atoms with E-state index in [1.54, 1.807) is 6.92 Å². The number of benzene rings is 1. The van der Waals surface area contributed by atoms with E-state index >= 15 is 0 Å². The predicted molar refractivity (Wildman–Crippen MR) is 99.5 cm³/mol. The Labute approximate surface area is 178 Å². The lowest BCUT2D eigenvalue weighted by molar-refractivity contribution is -0.143. The van der Waals surface area contributed by atoms with Gasteiger partial charge in [-0.15, -0.1) is 11.3 Å². The molecule has 0 amide bonds. The van der Waals surface area contributed by atoms with Crippen LogP contribution < -0.4 is 4.72 Å². The quantitative estimate of drug-likeness (QED) is 0.571. The summed E-state index contributed by atoms with van der Waals surface area (Å²) in [5, 5.41) is 1.06. The molecule has 8 nitrogen and oxygen atoms in total. The van der Waals surface area contributed by atoms with Gasteiger partial charge in [-0.05, 0) is 25.1 Å². The Hall–Kier alpha value is -2.22. The van der Waals surface area contributed by atoms with Crippen molar-refractivity contribution in [3.63, 3.8) is 0 Å². The van der Waals surface area contributed by atoms with E-state index in [2.05, 4.69) is 4.98 Å². The molecule has 0 saturated heterocycles. The zero-order valence-corrected chi connectivity index (χ0v) is 17.5. The summed E-state index contributed by atoms with van der Waals surface area (Å²) in [6.07, 6.45) is -4.77. The van der Waals surface area contributed by atoms with Crippen LogP contribution in [0.4, 0.5) is 13.2 Å². The Bertz CT molecular complexity index is 1040. The number of ether oxygens (including phenoxy) is 2. The highest BCUT2D eigenvalue weighted by Crippen LogP contribution is 2.33. The molecular weight excluding hydrogens is 473 g/mol. The molecule has 1 N–H and O–H groups in total. The number of hydrogen-bond acceptors (Lipinski definition) is 8. The highest BCUT2D eigenvalue weighted by molar-refractivity contribution is 7.89. The molecule has 1 aromatic heterocycles. The van der Waals surface area contributed by atoms with E-state index in [1.807, 2.05) is 4.72 Å². The maximum Gasteiger partial charge on any atom is 0.416 e. The van der Waals surface area contributed by atoms with Crippen LogP contribution in [-0.2, 0) is 37.1 Å². The van der Waals surface area contributed by atoms with Crippen LogP contribution in [0.2, 0.25) is 5.02 Å². The Morgan fingerprint density at radius 2 is 1.97 bits per heavy atom. The lowest BCUT2D eigenvalue weighted by Gasteiger charge is -2.11. The second-order valence-corrected chi connectivity index (χ2v) is 8.49. The minimum Gasteiger partial charge on any atom is -0.461 e. The van der Waals surface area contributed by atoms with Crippen molar-refractivity contribution in [2.24, 2.45) is 0 Å². The van der Waals surface area contributed by atoms with Crippen molar-refractivity contribution in [2.45, 2.75) is 24.6 Å². The standard InChI is InChI=1S/C16H14ClF3N2O6S2/c1-2-27-15(24)14-22-10(8-29-14)7-28-13(23)6-21-30(25,26)12-5-9(16(18,19)20)3-4-11(12)17/h3-5,8,21H,2,6-7H2,1H3. The molecule has 164 valence electrons. The van der Waals surface area contributed by atoms with Gasteiger partial charge in [0.25, 0.3) is 0 Å². The summed E-state index contributed by atoms with van der Waals surface area (Å²) < 4.78 is 74.2. The van der Waals surface area contributed by atoms with E-state index < -0.39 is 50.2 Å². The summed E-state index contributed by atoms with van der Waals surface area (Å²) in [5.41, 5.74) is -0.976. The van der Waals surface area contributed by atoms with Crippen molar-refractivity contribution < 1.29 is 40.7 Å². The third-order valence-electron chi connectivity index (χ3n) is 3.34. The fourth-order valence-corrected chi connectivity index (χ4v) is 4.17. The summed E-state index contributed by atoms with van der Waals surface area (Å²) in [4.78, 5) is 26.4. The van der Waals surface area contributed by atoms with Gasteiger partial charge in [-0.2, -0.15) is 17.9 Å². The van der Waals surface area contributed by atoms with E-state index in [0.29, 0.717) is 12.1 Å². The molecule has 0 bridgehead atoms. The first-order valence-corrected chi connectivity index (χ1v) is 10.8. The second-order valence-electron chi connectivity index (χ2n) is 5.49. The average Bonchev–Trinajstić information content (AvgIpc) is 3.13. The number of nitrogens with one attached hydrogen (secondary N) is 1. The van der Waals surface area contributed by atoms with Gasteiger partial charge in [0.2, 0.25) is 15.0 Å². The number of aromatic nitrogens is 1. The van der Waals surface area contributed by atoms with Gasteiger partial charge in [0.05, 0.1) is 22.9 Å². The molecule has 0 fully saturated rings. The predicted octanol–water partition coefficient (Wildman–Crippen LogP) is 3.01. The molecule has 0 atom stereocenters. The van der Waals surface area contributed by atoms with E-state index in [1.165, 1.54) is 5.38 Å². The van der Waals surface area contributed by atoms with Crippen molar-refractivity contribution in [1.29, 1.82) is 0 Å². The number of esters is 2. The summed E-state index contributed by atoms with van der Waals surface area (Å²) in [6, 6.07) is 1.79. The zero-order chi connectivity index (χ0) is 22.5. The van der Waals surface area contributed by atoms with Crippen LogP contribution in [0.1, 0.15) is 28.0 Å². The number of alkyl halides is 3. The summed E-state index contributed by atoms with van der Waals surface area (Å²) >= 11 is 6.66. The number of sulfonamides is 1. The molecule has 1 aromatic carbocycles. The number of carbonyl (C=O) groups is 2. The molecule has 2 rings (SSSR count). The first kappa shape index (κ1) is 24.1. The lowest BCUT2D eigenvalue weighted by Crippen LogP contribution is -2.31. The Balaban J connectivity index is 1.97. The molecule has 30 heavy (non-hydrogen) atoms. The van der Waals surface area contributed by atoms with Gasteiger partial charge in [-0.1, -0.05) is 11.6 Å². The molecule has 1 heterocycles. The van der Waals surface area contributed by atoms with Gasteiger partial charge in [-0.3, -0.25) is 4.79 Å². The minimum absolute atomic E-state index is 0.0581. The first-order valence-electron chi connectivity index (χ1n) is 8.07. The summed E-state index contributed by atoms with van der Waals surface area (Å²) in [6.45, 7) is 0.588. The second kappa shape index (κ2) is 9.73. The Morgan fingerprint density at radius 1 is 1.27 bits per heavy atom. The number of nitrogens with zero attached hydrogens (tertiary/aromatic N) is 1. The van der Waals surface area contributed by atoms with Crippen LogP contribution in [0.15, 0.2) is 28.5 Å². The van der Waals surface area contributed by atoms with Crippen LogP contribution in [0, 0.1) is 0 Å². The van der Waals surface area contributed by atoms with Crippen LogP contribution in [0.3, 0.4) is 0 Å². The van der Waals surface area contributed by atoms with Crippen molar-refractivity contribution in [2.75, 3.05) is 13.2 Å². The largest absolute Gasteiger partial charge is 0.461 e. The molecule has 0 unspecified atom stereocenters. The number of halogens is 4. The topological polar surface area (TPSA) is 112 Å². The van der Waals surface area contributed by atoms with E-state index in [-0.39, 0.29) is 23.9 Å². The smallest absolute Gasteiger partial charge is 0.416 e. The third-order valence-corrected chi connectivity index (χ3v) is 6.09. The molecule has 0 aliphatic heterocycles. The maximum absolute atomic E-state index is 12.8. The normalized spacial score (nSPS) is 11.9. The molecule has 0 aliphatic rings. The van der Waals surface area contributed by atoms with Crippen LogP contribution >= 0.6 is 22.9 Å². The zero-order valence-electron chi connectivity index (χ0n) is 15.2. The first-order chi connectivity index (χ1) is 13.9.